The summed E-state index contributed by atoms with van der Waals surface area (Å²) in [7, 11) is -3.86. The molecule has 0 aliphatic rings. The number of nitrogens with one attached hydrogen (secondary N) is 1. The highest BCUT2D eigenvalue weighted by molar-refractivity contribution is 7.89. The summed E-state index contributed by atoms with van der Waals surface area (Å²) < 4.78 is 25.5. The zero-order chi connectivity index (χ0) is 20.6. The maximum absolute atomic E-state index is 12.9. The van der Waals surface area contributed by atoms with Gasteiger partial charge in [-0.1, -0.05) is 24.3 Å². The molecular weight excluding hydrogens is 374 g/mol. The fraction of sp³-hybridized carbons (Fsp3) is 0.190. The van der Waals surface area contributed by atoms with E-state index >= 15 is 0 Å². The molecule has 0 radical (unpaired) electrons. The molecule has 6 nitrogen and oxygen atoms in total. The fourth-order valence-electron chi connectivity index (χ4n) is 3.36. The summed E-state index contributed by atoms with van der Waals surface area (Å²) >= 11 is 0. The van der Waals surface area contributed by atoms with Gasteiger partial charge in [-0.25, -0.2) is 13.6 Å². The van der Waals surface area contributed by atoms with E-state index < -0.39 is 10.0 Å². The Bertz CT molecular complexity index is 1180. The van der Waals surface area contributed by atoms with Gasteiger partial charge in [0, 0.05) is 22.8 Å². The van der Waals surface area contributed by atoms with Gasteiger partial charge in [0.2, 0.25) is 10.0 Å². The average Bonchev–Trinajstić information content (AvgIpc) is 2.91. The molecule has 0 saturated heterocycles. The number of aryl methyl sites for hydroxylation is 3. The van der Waals surface area contributed by atoms with Gasteiger partial charge in [-0.3, -0.25) is 4.79 Å². The summed E-state index contributed by atoms with van der Waals surface area (Å²) in [4.78, 5) is 12.9. The van der Waals surface area contributed by atoms with Gasteiger partial charge in [-0.2, -0.15) is 0 Å². The van der Waals surface area contributed by atoms with Crippen molar-refractivity contribution in [2.75, 3.05) is 5.32 Å². The minimum Gasteiger partial charge on any atom is -0.322 e. The molecule has 0 bridgehead atoms. The van der Waals surface area contributed by atoms with Gasteiger partial charge in [-0.05, 0) is 63.1 Å². The van der Waals surface area contributed by atoms with Crippen LogP contribution in [0.25, 0.3) is 5.69 Å². The maximum atomic E-state index is 12.9. The van der Waals surface area contributed by atoms with E-state index in [1.54, 1.807) is 19.1 Å². The van der Waals surface area contributed by atoms with E-state index in [-0.39, 0.29) is 10.8 Å². The van der Waals surface area contributed by atoms with Crippen LogP contribution in [0, 0.1) is 27.7 Å². The minimum atomic E-state index is -3.86. The number of hydrogen-bond acceptors (Lipinski definition) is 3. The number of anilines is 1. The first-order valence-corrected chi connectivity index (χ1v) is 10.3. The molecule has 2 aromatic carbocycles. The molecule has 3 N–H and O–H groups in total. The third kappa shape index (κ3) is 3.72. The quantitative estimate of drug-likeness (QED) is 0.704. The minimum absolute atomic E-state index is 0.00400. The molecule has 0 spiro atoms. The summed E-state index contributed by atoms with van der Waals surface area (Å²) in [6.07, 6.45) is 0. The Labute approximate surface area is 165 Å². The van der Waals surface area contributed by atoms with Crippen molar-refractivity contribution in [1.82, 2.24) is 4.57 Å². The van der Waals surface area contributed by atoms with Gasteiger partial charge >= 0.3 is 0 Å². The summed E-state index contributed by atoms with van der Waals surface area (Å²) in [6.45, 7) is 7.51. The number of hydrogen-bond donors (Lipinski definition) is 2. The number of aromatic nitrogens is 1. The van der Waals surface area contributed by atoms with Crippen molar-refractivity contribution in [2.24, 2.45) is 5.14 Å². The maximum Gasteiger partial charge on any atom is 0.257 e. The topological polar surface area (TPSA) is 94.2 Å². The highest BCUT2D eigenvalue weighted by Gasteiger charge is 2.19. The molecule has 1 heterocycles. The van der Waals surface area contributed by atoms with Crippen LogP contribution in [0.3, 0.4) is 0 Å². The van der Waals surface area contributed by atoms with Gasteiger partial charge in [0.25, 0.3) is 5.91 Å². The van der Waals surface area contributed by atoms with Crippen LogP contribution >= 0.6 is 0 Å². The molecule has 0 saturated carbocycles. The lowest BCUT2D eigenvalue weighted by atomic mass is 10.2. The molecule has 28 heavy (non-hydrogen) atoms. The summed E-state index contributed by atoms with van der Waals surface area (Å²) in [5.41, 5.74) is 5.29. The third-order valence-electron chi connectivity index (χ3n) is 4.78. The smallest absolute Gasteiger partial charge is 0.257 e. The number of carbonyl (C=O) groups excluding carboxylic acids is 1. The Morgan fingerprint density at radius 2 is 1.64 bits per heavy atom. The highest BCUT2D eigenvalue weighted by Crippen LogP contribution is 2.25. The van der Waals surface area contributed by atoms with Gasteiger partial charge in [0.1, 0.15) is 0 Å². The van der Waals surface area contributed by atoms with E-state index in [1.165, 1.54) is 6.07 Å². The number of nitrogens with zero attached hydrogens (tertiary/aromatic N) is 1. The van der Waals surface area contributed by atoms with Crippen molar-refractivity contribution in [1.29, 1.82) is 0 Å². The lowest BCUT2D eigenvalue weighted by Crippen LogP contribution is -2.16. The van der Waals surface area contributed by atoms with Crippen molar-refractivity contribution < 1.29 is 13.2 Å². The molecule has 146 valence electrons. The van der Waals surface area contributed by atoms with E-state index in [1.807, 2.05) is 55.7 Å². The van der Waals surface area contributed by atoms with Crippen LogP contribution < -0.4 is 10.5 Å². The zero-order valence-electron chi connectivity index (χ0n) is 16.3. The number of nitrogens with two attached hydrogens (primary N) is 1. The molecule has 1 amide bonds. The van der Waals surface area contributed by atoms with Crippen LogP contribution in [0.5, 0.6) is 0 Å². The van der Waals surface area contributed by atoms with Crippen molar-refractivity contribution in [3.05, 3.63) is 76.6 Å². The monoisotopic (exact) mass is 397 g/mol. The molecule has 3 rings (SSSR count). The molecule has 3 aromatic rings. The van der Waals surface area contributed by atoms with Crippen molar-refractivity contribution in [2.45, 2.75) is 32.6 Å². The van der Waals surface area contributed by atoms with Crippen molar-refractivity contribution in [3.63, 3.8) is 0 Å². The second-order valence-electron chi connectivity index (χ2n) is 6.89. The number of benzene rings is 2. The molecule has 0 atom stereocenters. The lowest BCUT2D eigenvalue weighted by molar-refractivity contribution is 0.102. The first-order valence-electron chi connectivity index (χ1n) is 8.79. The Morgan fingerprint density at radius 3 is 2.29 bits per heavy atom. The predicted octanol–water partition coefficient (Wildman–Crippen LogP) is 3.61. The number of primary sulfonamides is 1. The summed E-state index contributed by atoms with van der Waals surface area (Å²) in [5.74, 6) is -0.308. The van der Waals surface area contributed by atoms with E-state index in [0.29, 0.717) is 16.8 Å². The highest BCUT2D eigenvalue weighted by atomic mass is 32.2. The molecule has 7 heteroatoms. The summed E-state index contributed by atoms with van der Waals surface area (Å²) in [6, 6.07) is 14.4. The lowest BCUT2D eigenvalue weighted by Gasteiger charge is -2.13. The van der Waals surface area contributed by atoms with E-state index in [4.69, 9.17) is 5.14 Å². The second kappa shape index (κ2) is 7.26. The van der Waals surface area contributed by atoms with Gasteiger partial charge in [0.15, 0.2) is 0 Å². The Balaban J connectivity index is 1.97. The van der Waals surface area contributed by atoms with Gasteiger partial charge < -0.3 is 9.88 Å². The standard InChI is InChI=1S/C21H23N3O3S/c1-13-7-5-6-8-19(13)24-15(3)11-18(16(24)4)21(25)23-17-10-9-14(2)20(12-17)28(22,26)27/h5-12H,1-4H3,(H,23,25)(H2,22,26,27). The van der Waals surface area contributed by atoms with E-state index in [2.05, 4.69) is 5.32 Å². The fourth-order valence-corrected chi connectivity index (χ4v) is 4.17. The largest absolute Gasteiger partial charge is 0.322 e. The number of sulfonamides is 1. The second-order valence-corrected chi connectivity index (χ2v) is 8.42. The predicted molar refractivity (Wildman–Crippen MR) is 110 cm³/mol. The van der Waals surface area contributed by atoms with Crippen LogP contribution in [0.2, 0.25) is 0 Å². The Morgan fingerprint density at radius 1 is 0.964 bits per heavy atom. The van der Waals surface area contributed by atoms with Crippen molar-refractivity contribution >= 4 is 21.6 Å². The molecule has 0 aliphatic heterocycles. The molecular formula is C21H23N3O3S. The van der Waals surface area contributed by atoms with E-state index in [9.17, 15) is 13.2 Å². The van der Waals surface area contributed by atoms with E-state index in [0.717, 1.165) is 22.6 Å². The summed E-state index contributed by atoms with van der Waals surface area (Å²) in [5, 5.41) is 8.02. The molecule has 0 aliphatic carbocycles. The Hall–Kier alpha value is -2.90. The first kappa shape index (κ1) is 19.9. The van der Waals surface area contributed by atoms with Crippen LogP contribution in [0.15, 0.2) is 53.4 Å². The molecule has 1 aromatic heterocycles. The van der Waals surface area contributed by atoms with Crippen LogP contribution in [0.1, 0.15) is 32.9 Å². The van der Waals surface area contributed by atoms with Crippen LogP contribution in [-0.4, -0.2) is 18.9 Å². The number of amides is 1. The normalized spacial score (nSPS) is 11.5. The SMILES string of the molecule is Cc1ccccc1-n1c(C)cc(C(=O)Nc2ccc(C)c(S(N)(=O)=O)c2)c1C. The van der Waals surface area contributed by atoms with Crippen LogP contribution in [-0.2, 0) is 10.0 Å². The van der Waals surface area contributed by atoms with Gasteiger partial charge in [0.05, 0.1) is 10.5 Å². The molecule has 0 fully saturated rings. The number of para-hydroxylation sites is 1. The number of rotatable bonds is 4. The Kier molecular flexibility index (Phi) is 5.14. The van der Waals surface area contributed by atoms with Gasteiger partial charge in [-0.15, -0.1) is 0 Å². The average molecular weight is 398 g/mol. The third-order valence-corrected chi connectivity index (χ3v) is 5.84. The molecule has 0 unspecified atom stereocenters. The van der Waals surface area contributed by atoms with Crippen molar-refractivity contribution in [3.8, 4) is 5.69 Å². The first-order chi connectivity index (χ1) is 13.1. The number of carbonyl (C=O) groups is 1. The van der Waals surface area contributed by atoms with Crippen LogP contribution in [0.4, 0.5) is 5.69 Å². The zero-order valence-corrected chi connectivity index (χ0v) is 17.1.